The predicted molar refractivity (Wildman–Crippen MR) is 173 cm³/mol. The standard InChI is InChI=1S/C22H27NO3.C14H19NO3/c1-3-21(24)22(25,16-18-6-4-17(2)5-7-18)19-8-10-20(11-9-19)23-12-14-26-15-13-23;1-2-13(16)14(17)11-3-5-12(6-4-11)15-7-9-18-10-8-15/h4-11,25H,3,12-16H2,1-2H3;3-6,14,17H,2,7-10H2,1H3. The topological polar surface area (TPSA) is 99.5 Å². The second-order valence-electron chi connectivity index (χ2n) is 11.4. The van der Waals surface area contributed by atoms with Crippen molar-refractivity contribution in [1.82, 2.24) is 0 Å². The lowest BCUT2D eigenvalue weighted by atomic mass is 9.82. The van der Waals surface area contributed by atoms with Crippen molar-refractivity contribution < 1.29 is 29.3 Å². The highest BCUT2D eigenvalue weighted by Crippen LogP contribution is 2.30. The molecule has 0 spiro atoms. The van der Waals surface area contributed by atoms with E-state index in [2.05, 4.69) is 9.80 Å². The van der Waals surface area contributed by atoms with Gasteiger partial charge in [-0.05, 0) is 47.9 Å². The summed E-state index contributed by atoms with van der Waals surface area (Å²) in [6.45, 7) is 12.0. The largest absolute Gasteiger partial charge is 0.381 e. The lowest BCUT2D eigenvalue weighted by Gasteiger charge is -2.31. The smallest absolute Gasteiger partial charge is 0.168 e. The molecule has 2 unspecified atom stereocenters. The Balaban J connectivity index is 0.000000215. The Morgan fingerprint density at radius 1 is 0.750 bits per heavy atom. The number of Topliss-reactive ketones (excluding diaryl/α,β-unsaturated/α-hetero) is 2. The number of hydrogen-bond acceptors (Lipinski definition) is 8. The zero-order valence-electron chi connectivity index (χ0n) is 26.2. The molecule has 3 aromatic rings. The van der Waals surface area contributed by atoms with Gasteiger partial charge in [0.05, 0.1) is 26.4 Å². The molecule has 2 heterocycles. The molecule has 8 nitrogen and oxygen atoms in total. The van der Waals surface area contributed by atoms with Gasteiger partial charge < -0.3 is 29.5 Å². The zero-order valence-corrected chi connectivity index (χ0v) is 26.2. The molecule has 0 radical (unpaired) electrons. The van der Waals surface area contributed by atoms with Crippen LogP contribution in [-0.4, -0.2) is 74.4 Å². The molecule has 0 aromatic heterocycles. The Hall–Kier alpha value is -3.56. The van der Waals surface area contributed by atoms with Crippen LogP contribution in [0.4, 0.5) is 11.4 Å². The van der Waals surface area contributed by atoms with E-state index in [-0.39, 0.29) is 18.0 Å². The number of hydrogen-bond donors (Lipinski definition) is 2. The minimum atomic E-state index is -1.49. The van der Waals surface area contributed by atoms with Crippen molar-refractivity contribution in [2.24, 2.45) is 0 Å². The van der Waals surface area contributed by atoms with Gasteiger partial charge in [0.1, 0.15) is 6.10 Å². The number of ether oxygens (including phenoxy) is 2. The fraction of sp³-hybridized carbons (Fsp3) is 0.444. The van der Waals surface area contributed by atoms with Gasteiger partial charge in [-0.15, -0.1) is 0 Å². The van der Waals surface area contributed by atoms with Gasteiger partial charge in [-0.1, -0.05) is 67.9 Å². The number of anilines is 2. The van der Waals surface area contributed by atoms with Crippen LogP contribution in [0.3, 0.4) is 0 Å². The molecule has 3 aromatic carbocycles. The van der Waals surface area contributed by atoms with Gasteiger partial charge in [-0.25, -0.2) is 0 Å². The van der Waals surface area contributed by atoms with Crippen molar-refractivity contribution in [3.63, 3.8) is 0 Å². The molecular weight excluding hydrogens is 556 g/mol. The third-order valence-corrected chi connectivity index (χ3v) is 8.32. The lowest BCUT2D eigenvalue weighted by molar-refractivity contribution is -0.138. The summed E-state index contributed by atoms with van der Waals surface area (Å²) in [6, 6.07) is 23.3. The van der Waals surface area contributed by atoms with E-state index in [1.807, 2.05) is 79.7 Å². The molecule has 0 amide bonds. The monoisotopic (exact) mass is 602 g/mol. The predicted octanol–water partition coefficient (Wildman–Crippen LogP) is 4.78. The fourth-order valence-corrected chi connectivity index (χ4v) is 5.49. The Bertz CT molecular complexity index is 1330. The SMILES string of the molecule is CCC(=O)C(O)(Cc1ccc(C)cc1)c1ccc(N2CCOCC2)cc1.CCC(=O)C(O)c1ccc(N2CCOCC2)cc1. The normalized spacial score (nSPS) is 17.2. The molecule has 2 aliphatic heterocycles. The Morgan fingerprint density at radius 3 is 1.68 bits per heavy atom. The summed E-state index contributed by atoms with van der Waals surface area (Å²) in [7, 11) is 0. The highest BCUT2D eigenvalue weighted by molar-refractivity contribution is 5.88. The maximum Gasteiger partial charge on any atom is 0.168 e. The third kappa shape index (κ3) is 8.54. The van der Waals surface area contributed by atoms with Gasteiger partial charge in [0, 0.05) is 56.8 Å². The second-order valence-corrected chi connectivity index (χ2v) is 11.4. The quantitative estimate of drug-likeness (QED) is 0.342. The first-order chi connectivity index (χ1) is 21.2. The van der Waals surface area contributed by atoms with Crippen molar-refractivity contribution in [1.29, 1.82) is 0 Å². The summed E-state index contributed by atoms with van der Waals surface area (Å²) >= 11 is 0. The molecule has 2 N–H and O–H groups in total. The Kier molecular flexibility index (Phi) is 12.1. The first-order valence-corrected chi connectivity index (χ1v) is 15.6. The first kappa shape index (κ1) is 33.3. The van der Waals surface area contributed by atoms with Crippen LogP contribution in [0, 0.1) is 6.92 Å². The molecule has 2 aliphatic rings. The summed E-state index contributed by atoms with van der Waals surface area (Å²) < 4.78 is 10.7. The van der Waals surface area contributed by atoms with E-state index < -0.39 is 11.7 Å². The van der Waals surface area contributed by atoms with Crippen LogP contribution in [0.5, 0.6) is 0 Å². The van der Waals surface area contributed by atoms with E-state index in [0.717, 1.165) is 75.1 Å². The van der Waals surface area contributed by atoms with Crippen LogP contribution >= 0.6 is 0 Å². The molecule has 0 saturated carbocycles. The molecule has 2 fully saturated rings. The second kappa shape index (κ2) is 16.0. The number of benzene rings is 3. The van der Waals surface area contributed by atoms with E-state index in [9.17, 15) is 19.8 Å². The van der Waals surface area contributed by atoms with E-state index in [1.165, 1.54) is 0 Å². The van der Waals surface area contributed by atoms with Crippen molar-refractivity contribution in [3.05, 3.63) is 95.1 Å². The molecule has 2 saturated heterocycles. The number of morpholine rings is 2. The van der Waals surface area contributed by atoms with Crippen LogP contribution < -0.4 is 9.80 Å². The summed E-state index contributed by atoms with van der Waals surface area (Å²) in [6.07, 6.45) is -0.0506. The molecule has 44 heavy (non-hydrogen) atoms. The van der Waals surface area contributed by atoms with Crippen LogP contribution in [0.25, 0.3) is 0 Å². The first-order valence-electron chi connectivity index (χ1n) is 15.6. The summed E-state index contributed by atoms with van der Waals surface area (Å²) in [5.41, 5.74) is 4.15. The van der Waals surface area contributed by atoms with Crippen LogP contribution in [-0.2, 0) is 31.1 Å². The number of aliphatic hydroxyl groups excluding tert-OH is 1. The van der Waals surface area contributed by atoms with Gasteiger partial charge in [-0.2, -0.15) is 0 Å². The Morgan fingerprint density at radius 2 is 1.23 bits per heavy atom. The summed E-state index contributed by atoms with van der Waals surface area (Å²) in [5, 5.41) is 21.1. The van der Waals surface area contributed by atoms with Crippen molar-refractivity contribution >= 4 is 22.9 Å². The maximum atomic E-state index is 12.6. The molecule has 5 rings (SSSR count). The minimum absolute atomic E-state index is 0.144. The van der Waals surface area contributed by atoms with Gasteiger partial charge in [0.2, 0.25) is 0 Å². The fourth-order valence-electron chi connectivity index (χ4n) is 5.49. The van der Waals surface area contributed by atoms with Gasteiger partial charge in [0.25, 0.3) is 0 Å². The highest BCUT2D eigenvalue weighted by Gasteiger charge is 2.36. The number of rotatable bonds is 10. The average molecular weight is 603 g/mol. The van der Waals surface area contributed by atoms with Crippen molar-refractivity contribution in [3.8, 4) is 0 Å². The van der Waals surface area contributed by atoms with Crippen molar-refractivity contribution in [2.75, 3.05) is 62.4 Å². The lowest BCUT2D eigenvalue weighted by Crippen LogP contribution is -2.38. The molecule has 8 heteroatoms. The van der Waals surface area contributed by atoms with Gasteiger partial charge >= 0.3 is 0 Å². The molecule has 0 aliphatic carbocycles. The highest BCUT2D eigenvalue weighted by atomic mass is 16.5. The van der Waals surface area contributed by atoms with E-state index >= 15 is 0 Å². The van der Waals surface area contributed by atoms with Crippen LogP contribution in [0.2, 0.25) is 0 Å². The van der Waals surface area contributed by atoms with Gasteiger partial charge in [-0.3, -0.25) is 9.59 Å². The number of nitrogens with zero attached hydrogens (tertiary/aromatic N) is 2. The molecular formula is C36H46N2O6. The van der Waals surface area contributed by atoms with E-state index in [0.29, 0.717) is 24.0 Å². The number of ketones is 2. The van der Waals surface area contributed by atoms with Crippen molar-refractivity contribution in [2.45, 2.75) is 51.7 Å². The maximum absolute atomic E-state index is 12.6. The molecule has 2 atom stereocenters. The summed E-state index contributed by atoms with van der Waals surface area (Å²) in [5.74, 6) is -0.300. The molecule has 0 bridgehead atoms. The molecule has 236 valence electrons. The number of aliphatic hydroxyl groups is 2. The number of carbonyl (C=O) groups excluding carboxylic acids is 2. The third-order valence-electron chi connectivity index (χ3n) is 8.32. The Labute approximate surface area is 261 Å². The summed E-state index contributed by atoms with van der Waals surface area (Å²) in [4.78, 5) is 28.5. The van der Waals surface area contributed by atoms with Gasteiger partial charge in [0.15, 0.2) is 17.2 Å². The number of aryl methyl sites for hydroxylation is 1. The van der Waals surface area contributed by atoms with E-state index in [1.54, 1.807) is 13.8 Å². The van der Waals surface area contributed by atoms with Crippen LogP contribution in [0.15, 0.2) is 72.8 Å². The van der Waals surface area contributed by atoms with Crippen LogP contribution in [0.1, 0.15) is 55.0 Å². The zero-order chi connectivity index (χ0) is 31.5. The minimum Gasteiger partial charge on any atom is -0.381 e. The number of carbonyl (C=O) groups is 2. The van der Waals surface area contributed by atoms with E-state index in [4.69, 9.17) is 9.47 Å². The average Bonchev–Trinajstić information content (AvgIpc) is 3.09.